The molecule has 1 aliphatic heterocycles. The molecule has 0 amide bonds. The molecule has 1 heterocycles. The van der Waals surface area contributed by atoms with Gasteiger partial charge in [0.1, 0.15) is 11.4 Å². The van der Waals surface area contributed by atoms with E-state index in [1.807, 2.05) is 0 Å². The fourth-order valence-corrected chi connectivity index (χ4v) is 3.89. The highest BCUT2D eigenvalue weighted by Crippen LogP contribution is 2.35. The zero-order valence-corrected chi connectivity index (χ0v) is 11.3. The minimum Gasteiger partial charge on any atom is -0.393 e. The molecule has 0 bridgehead atoms. The van der Waals surface area contributed by atoms with Gasteiger partial charge >= 0.3 is 5.69 Å². The van der Waals surface area contributed by atoms with Crippen LogP contribution in [-0.4, -0.2) is 37.4 Å². The van der Waals surface area contributed by atoms with E-state index in [1.165, 1.54) is 6.07 Å². The van der Waals surface area contributed by atoms with E-state index < -0.39 is 14.8 Å². The van der Waals surface area contributed by atoms with Crippen LogP contribution in [0.5, 0.6) is 0 Å². The zero-order chi connectivity index (χ0) is 14.2. The van der Waals surface area contributed by atoms with Crippen LogP contribution >= 0.6 is 0 Å². The lowest BCUT2D eigenvalue weighted by atomic mass is 10.2. The molecule has 19 heavy (non-hydrogen) atoms. The van der Waals surface area contributed by atoms with Gasteiger partial charge in [0, 0.05) is 12.6 Å². The maximum atomic E-state index is 11.5. The summed E-state index contributed by atoms with van der Waals surface area (Å²) in [6, 6.07) is 4.39. The minimum absolute atomic E-state index is 0.00104. The summed E-state index contributed by atoms with van der Waals surface area (Å²) >= 11 is 0. The molecule has 1 fully saturated rings. The number of nitrogen functional groups attached to an aromatic ring is 1. The Morgan fingerprint density at radius 1 is 1.47 bits per heavy atom. The quantitative estimate of drug-likeness (QED) is 0.489. The smallest absolute Gasteiger partial charge is 0.315 e. The molecular formula is C11H15N3O4S. The fraction of sp³-hybridized carbons (Fsp3) is 0.455. The predicted molar refractivity (Wildman–Crippen MR) is 73.0 cm³/mol. The van der Waals surface area contributed by atoms with E-state index in [0.29, 0.717) is 5.69 Å². The van der Waals surface area contributed by atoms with E-state index in [4.69, 9.17) is 5.73 Å². The summed E-state index contributed by atoms with van der Waals surface area (Å²) in [5, 5.41) is 11.1. The number of para-hydroxylation sites is 1. The molecule has 0 saturated carbocycles. The van der Waals surface area contributed by atoms with Crippen LogP contribution in [0.25, 0.3) is 0 Å². The van der Waals surface area contributed by atoms with Crippen molar-refractivity contribution in [2.45, 2.75) is 13.0 Å². The minimum atomic E-state index is -3.06. The van der Waals surface area contributed by atoms with Crippen LogP contribution in [0.15, 0.2) is 18.2 Å². The number of nitro groups is 1. The Morgan fingerprint density at radius 3 is 2.74 bits per heavy atom. The molecule has 0 aromatic heterocycles. The molecule has 1 unspecified atom stereocenters. The number of nitro benzene ring substituents is 1. The van der Waals surface area contributed by atoms with Gasteiger partial charge < -0.3 is 10.6 Å². The second-order valence-corrected chi connectivity index (χ2v) is 6.86. The predicted octanol–water partition coefficient (Wildman–Crippen LogP) is 0.800. The summed E-state index contributed by atoms with van der Waals surface area (Å²) in [5.74, 6) is 0.00223. The van der Waals surface area contributed by atoms with Crippen LogP contribution in [-0.2, 0) is 9.84 Å². The van der Waals surface area contributed by atoms with Crippen LogP contribution < -0.4 is 10.6 Å². The molecule has 0 spiro atoms. The van der Waals surface area contributed by atoms with Crippen molar-refractivity contribution in [3.63, 3.8) is 0 Å². The van der Waals surface area contributed by atoms with Gasteiger partial charge in [-0.1, -0.05) is 6.07 Å². The molecule has 1 aromatic carbocycles. The lowest BCUT2D eigenvalue weighted by molar-refractivity contribution is -0.383. The molecule has 2 rings (SSSR count). The Bertz CT molecular complexity index is 614. The Kier molecular flexibility index (Phi) is 3.36. The molecule has 7 nitrogen and oxygen atoms in total. The summed E-state index contributed by atoms with van der Waals surface area (Å²) in [6.45, 7) is 1.98. The van der Waals surface area contributed by atoms with Crippen LogP contribution in [0.4, 0.5) is 17.1 Å². The average Bonchev–Trinajstić information content (AvgIpc) is 2.26. The summed E-state index contributed by atoms with van der Waals surface area (Å²) in [6.07, 6.45) is 0. The van der Waals surface area contributed by atoms with E-state index in [1.54, 1.807) is 24.0 Å². The van der Waals surface area contributed by atoms with Crippen LogP contribution in [0.3, 0.4) is 0 Å². The summed E-state index contributed by atoms with van der Waals surface area (Å²) in [7, 11) is -3.06. The second-order valence-electron chi connectivity index (χ2n) is 4.63. The summed E-state index contributed by atoms with van der Waals surface area (Å²) in [4.78, 5) is 12.3. The number of nitrogens with two attached hydrogens (primary N) is 1. The van der Waals surface area contributed by atoms with Crippen molar-refractivity contribution < 1.29 is 13.3 Å². The zero-order valence-electron chi connectivity index (χ0n) is 10.4. The standard InChI is InChI=1S/C11H15N3O4S/c1-8-7-19(17,18)6-5-13(8)10-4-2-3-9(12)11(10)14(15)16/h2-4,8H,5-7,12H2,1H3. The van der Waals surface area contributed by atoms with Crippen LogP contribution in [0.2, 0.25) is 0 Å². The van der Waals surface area contributed by atoms with Gasteiger partial charge in [-0.3, -0.25) is 10.1 Å². The average molecular weight is 285 g/mol. The van der Waals surface area contributed by atoms with Gasteiger partial charge in [0.25, 0.3) is 0 Å². The van der Waals surface area contributed by atoms with Crippen molar-refractivity contribution in [3.8, 4) is 0 Å². The Balaban J connectivity index is 2.43. The monoisotopic (exact) mass is 285 g/mol. The number of anilines is 2. The summed E-state index contributed by atoms with van der Waals surface area (Å²) in [5.41, 5.74) is 5.95. The highest BCUT2D eigenvalue weighted by molar-refractivity contribution is 7.91. The van der Waals surface area contributed by atoms with Gasteiger partial charge in [0.2, 0.25) is 0 Å². The highest BCUT2D eigenvalue weighted by Gasteiger charge is 2.32. The maximum absolute atomic E-state index is 11.5. The van der Waals surface area contributed by atoms with Crippen LogP contribution in [0, 0.1) is 10.1 Å². The van der Waals surface area contributed by atoms with Gasteiger partial charge in [0.15, 0.2) is 9.84 Å². The SMILES string of the molecule is CC1CS(=O)(=O)CCN1c1cccc(N)c1[N+](=O)[O-]. The fourth-order valence-electron chi connectivity index (χ4n) is 2.34. The van der Waals surface area contributed by atoms with Crippen molar-refractivity contribution in [1.29, 1.82) is 0 Å². The van der Waals surface area contributed by atoms with Gasteiger partial charge in [-0.05, 0) is 19.1 Å². The third kappa shape index (κ3) is 2.62. The van der Waals surface area contributed by atoms with Gasteiger partial charge in [-0.15, -0.1) is 0 Å². The highest BCUT2D eigenvalue weighted by atomic mass is 32.2. The first-order chi connectivity index (χ1) is 8.82. The molecule has 1 aliphatic rings. The Hall–Kier alpha value is -1.83. The van der Waals surface area contributed by atoms with E-state index >= 15 is 0 Å². The number of hydrogen-bond donors (Lipinski definition) is 1. The molecule has 8 heteroatoms. The molecule has 1 atom stereocenters. The lowest BCUT2D eigenvalue weighted by Crippen LogP contribution is -2.47. The van der Waals surface area contributed by atoms with Crippen molar-refractivity contribution in [2.75, 3.05) is 28.7 Å². The van der Waals surface area contributed by atoms with E-state index in [2.05, 4.69) is 0 Å². The normalized spacial score (nSPS) is 22.2. The van der Waals surface area contributed by atoms with Crippen molar-refractivity contribution in [2.24, 2.45) is 0 Å². The Labute approximate surface area is 111 Å². The molecule has 1 saturated heterocycles. The molecule has 1 aromatic rings. The number of sulfone groups is 1. The largest absolute Gasteiger partial charge is 0.393 e. The lowest BCUT2D eigenvalue weighted by Gasteiger charge is -2.34. The second kappa shape index (κ2) is 4.69. The molecule has 0 aliphatic carbocycles. The third-order valence-electron chi connectivity index (χ3n) is 3.21. The molecule has 104 valence electrons. The van der Waals surface area contributed by atoms with Crippen molar-refractivity contribution in [1.82, 2.24) is 0 Å². The van der Waals surface area contributed by atoms with E-state index in [0.717, 1.165) is 0 Å². The molecule has 2 N–H and O–H groups in total. The number of hydrogen-bond acceptors (Lipinski definition) is 6. The van der Waals surface area contributed by atoms with Crippen molar-refractivity contribution in [3.05, 3.63) is 28.3 Å². The topological polar surface area (TPSA) is 107 Å². The number of nitrogens with zero attached hydrogens (tertiary/aromatic N) is 2. The van der Waals surface area contributed by atoms with Gasteiger partial charge in [-0.25, -0.2) is 8.42 Å². The first-order valence-corrected chi connectivity index (χ1v) is 7.64. The molecule has 0 radical (unpaired) electrons. The maximum Gasteiger partial charge on any atom is 0.315 e. The number of rotatable bonds is 2. The van der Waals surface area contributed by atoms with Gasteiger partial charge in [-0.2, -0.15) is 0 Å². The summed E-state index contributed by atoms with van der Waals surface area (Å²) < 4.78 is 23.1. The van der Waals surface area contributed by atoms with Crippen molar-refractivity contribution >= 4 is 26.9 Å². The molecular weight excluding hydrogens is 270 g/mol. The Morgan fingerprint density at radius 2 is 2.16 bits per heavy atom. The van der Waals surface area contributed by atoms with Crippen LogP contribution in [0.1, 0.15) is 6.92 Å². The van der Waals surface area contributed by atoms with Gasteiger partial charge in [0.05, 0.1) is 16.4 Å². The first kappa shape index (κ1) is 13.6. The first-order valence-electron chi connectivity index (χ1n) is 5.82. The van der Waals surface area contributed by atoms with E-state index in [9.17, 15) is 18.5 Å². The van der Waals surface area contributed by atoms with E-state index in [-0.39, 0.29) is 35.5 Å². The number of benzene rings is 1. The third-order valence-corrected chi connectivity index (χ3v) is 5.00.